The van der Waals surface area contributed by atoms with Crippen LogP contribution in [-0.2, 0) is 17.9 Å². The Bertz CT molecular complexity index is 679. The molecule has 1 aromatic carbocycles. The highest BCUT2D eigenvalue weighted by atomic mass is 32.1. The molecule has 2 rings (SSSR count). The molecule has 0 saturated carbocycles. The summed E-state index contributed by atoms with van der Waals surface area (Å²) in [6.07, 6.45) is 0. The number of nitrogens with one attached hydrogen (secondary N) is 2. The minimum atomic E-state index is 0.0104. The van der Waals surface area contributed by atoms with Crippen LogP contribution in [0.5, 0.6) is 0 Å². The fourth-order valence-electron chi connectivity index (χ4n) is 2.00. The lowest BCUT2D eigenvalue weighted by atomic mass is 10.2. The Balaban J connectivity index is 1.98. The van der Waals surface area contributed by atoms with Gasteiger partial charge in [-0.1, -0.05) is 30.3 Å². The quantitative estimate of drug-likeness (QED) is 0.625. The van der Waals surface area contributed by atoms with Crippen molar-refractivity contribution in [1.29, 1.82) is 0 Å². The van der Waals surface area contributed by atoms with E-state index >= 15 is 0 Å². The van der Waals surface area contributed by atoms with E-state index in [4.69, 9.17) is 0 Å². The molecule has 0 aliphatic rings. The van der Waals surface area contributed by atoms with Crippen molar-refractivity contribution in [2.75, 3.05) is 20.6 Å². The predicted molar refractivity (Wildman–Crippen MR) is 100 cm³/mol. The van der Waals surface area contributed by atoms with Crippen LogP contribution in [-0.4, -0.2) is 37.4 Å². The number of hydrogen-bond donors (Lipinski definition) is 2. The number of aliphatic imine (C=N–C) groups is 1. The highest BCUT2D eigenvalue weighted by Gasteiger charge is 2.06. The second kappa shape index (κ2) is 9.08. The van der Waals surface area contributed by atoms with Crippen molar-refractivity contribution in [3.63, 3.8) is 0 Å². The molecule has 0 fully saturated rings. The minimum Gasteiger partial charge on any atom is -0.351 e. The summed E-state index contributed by atoms with van der Waals surface area (Å²) < 4.78 is 0. The molecule has 0 spiro atoms. The van der Waals surface area contributed by atoms with Crippen LogP contribution in [0.2, 0.25) is 0 Å². The van der Waals surface area contributed by atoms with Crippen molar-refractivity contribution in [3.05, 3.63) is 57.8 Å². The van der Waals surface area contributed by atoms with Gasteiger partial charge in [0.2, 0.25) is 5.91 Å². The number of carbonyl (C=O) groups is 1. The lowest BCUT2D eigenvalue weighted by molar-refractivity contribution is -0.127. The summed E-state index contributed by atoms with van der Waals surface area (Å²) in [6, 6.07) is 14.3. The normalized spacial score (nSPS) is 11.2. The zero-order valence-corrected chi connectivity index (χ0v) is 15.2. The first-order valence-electron chi connectivity index (χ1n) is 7.86. The molecule has 6 heteroatoms. The van der Waals surface area contributed by atoms with E-state index in [1.807, 2.05) is 30.3 Å². The Labute approximate surface area is 147 Å². The van der Waals surface area contributed by atoms with Gasteiger partial charge in [-0.25, -0.2) is 4.99 Å². The molecule has 0 aliphatic heterocycles. The monoisotopic (exact) mass is 344 g/mol. The van der Waals surface area contributed by atoms with Crippen molar-refractivity contribution >= 4 is 23.2 Å². The molecule has 0 atom stereocenters. The smallest absolute Gasteiger partial charge is 0.241 e. The van der Waals surface area contributed by atoms with Gasteiger partial charge in [-0.3, -0.25) is 4.79 Å². The first kappa shape index (κ1) is 18.0. The number of carbonyl (C=O) groups excluding carboxylic acids is 1. The summed E-state index contributed by atoms with van der Waals surface area (Å²) in [7, 11) is 3.49. The Morgan fingerprint density at radius 2 is 1.88 bits per heavy atom. The maximum Gasteiger partial charge on any atom is 0.241 e. The first-order chi connectivity index (χ1) is 11.5. The van der Waals surface area contributed by atoms with Gasteiger partial charge < -0.3 is 15.5 Å². The largest absolute Gasteiger partial charge is 0.351 e. The van der Waals surface area contributed by atoms with E-state index in [1.165, 1.54) is 9.75 Å². The summed E-state index contributed by atoms with van der Waals surface area (Å²) in [5, 5.41) is 6.39. The van der Waals surface area contributed by atoms with Gasteiger partial charge in [0.1, 0.15) is 0 Å². The first-order valence-corrected chi connectivity index (χ1v) is 8.68. The van der Waals surface area contributed by atoms with Gasteiger partial charge in [0.05, 0.1) is 19.6 Å². The number of amides is 1. The van der Waals surface area contributed by atoms with Gasteiger partial charge in [0.15, 0.2) is 5.96 Å². The van der Waals surface area contributed by atoms with Crippen molar-refractivity contribution in [1.82, 2.24) is 15.5 Å². The van der Waals surface area contributed by atoms with Crippen LogP contribution < -0.4 is 10.6 Å². The van der Waals surface area contributed by atoms with E-state index in [0.717, 1.165) is 5.56 Å². The molecule has 0 radical (unpaired) electrons. The van der Waals surface area contributed by atoms with Crippen LogP contribution in [0, 0.1) is 6.92 Å². The van der Waals surface area contributed by atoms with Gasteiger partial charge in [-0.2, -0.15) is 0 Å². The lowest BCUT2D eigenvalue weighted by Gasteiger charge is -2.14. The molecular formula is C18H24N4OS. The van der Waals surface area contributed by atoms with Crippen LogP contribution in [0.25, 0.3) is 0 Å². The average Bonchev–Trinajstić information content (AvgIpc) is 3.00. The molecule has 2 N–H and O–H groups in total. The third-order valence-electron chi connectivity index (χ3n) is 3.39. The molecule has 2 aromatic rings. The number of rotatable bonds is 6. The van der Waals surface area contributed by atoms with E-state index in [2.05, 4.69) is 34.7 Å². The van der Waals surface area contributed by atoms with Crippen LogP contribution in [0.1, 0.15) is 15.3 Å². The van der Waals surface area contributed by atoms with Crippen LogP contribution >= 0.6 is 11.3 Å². The Morgan fingerprint density at radius 3 is 2.50 bits per heavy atom. The number of aryl methyl sites for hydroxylation is 1. The van der Waals surface area contributed by atoms with E-state index in [0.29, 0.717) is 19.0 Å². The van der Waals surface area contributed by atoms with E-state index < -0.39 is 0 Å². The van der Waals surface area contributed by atoms with Crippen molar-refractivity contribution < 1.29 is 4.79 Å². The van der Waals surface area contributed by atoms with E-state index in [1.54, 1.807) is 30.3 Å². The number of benzene rings is 1. The van der Waals surface area contributed by atoms with Gasteiger partial charge >= 0.3 is 0 Å². The molecule has 1 aromatic heterocycles. The average molecular weight is 344 g/mol. The summed E-state index contributed by atoms with van der Waals surface area (Å²) in [5.41, 5.74) is 1.13. The van der Waals surface area contributed by atoms with Crippen molar-refractivity contribution in [2.24, 2.45) is 4.99 Å². The molecule has 1 heterocycles. The summed E-state index contributed by atoms with van der Waals surface area (Å²) >= 11 is 1.75. The SMILES string of the molecule is Cc1ccc(CNC(=NCc2ccccc2)NCC(=O)N(C)C)s1. The number of hydrogen-bond acceptors (Lipinski definition) is 3. The number of nitrogens with zero attached hydrogens (tertiary/aromatic N) is 2. The second-order valence-electron chi connectivity index (χ2n) is 5.66. The number of guanidine groups is 1. The molecular weight excluding hydrogens is 320 g/mol. The van der Waals surface area contributed by atoms with Gasteiger partial charge in [-0.05, 0) is 24.6 Å². The minimum absolute atomic E-state index is 0.0104. The van der Waals surface area contributed by atoms with Crippen LogP contribution in [0.15, 0.2) is 47.5 Å². The zero-order valence-electron chi connectivity index (χ0n) is 14.4. The molecule has 0 bridgehead atoms. The molecule has 0 unspecified atom stereocenters. The van der Waals surface area contributed by atoms with Crippen LogP contribution in [0.3, 0.4) is 0 Å². The Morgan fingerprint density at radius 1 is 1.12 bits per heavy atom. The standard InChI is InChI=1S/C18H24N4OS/c1-14-9-10-16(24-14)12-20-18(21-13-17(23)22(2)3)19-11-15-7-5-4-6-8-15/h4-10H,11-13H2,1-3H3,(H2,19,20,21). The maximum atomic E-state index is 11.8. The van der Waals surface area contributed by atoms with Gasteiger partial charge in [-0.15, -0.1) is 11.3 Å². The lowest BCUT2D eigenvalue weighted by Crippen LogP contribution is -2.42. The zero-order chi connectivity index (χ0) is 17.4. The van der Waals surface area contributed by atoms with Crippen molar-refractivity contribution in [2.45, 2.75) is 20.0 Å². The van der Waals surface area contributed by atoms with Gasteiger partial charge in [0, 0.05) is 23.8 Å². The second-order valence-corrected chi connectivity index (χ2v) is 7.03. The molecule has 0 saturated heterocycles. The maximum absolute atomic E-state index is 11.8. The summed E-state index contributed by atoms with van der Waals surface area (Å²) in [6.45, 7) is 3.56. The molecule has 5 nitrogen and oxygen atoms in total. The molecule has 24 heavy (non-hydrogen) atoms. The highest BCUT2D eigenvalue weighted by Crippen LogP contribution is 2.14. The Hall–Kier alpha value is -2.34. The molecule has 0 aliphatic carbocycles. The van der Waals surface area contributed by atoms with Crippen molar-refractivity contribution in [3.8, 4) is 0 Å². The van der Waals surface area contributed by atoms with E-state index in [-0.39, 0.29) is 12.5 Å². The number of thiophene rings is 1. The fourth-order valence-corrected chi connectivity index (χ4v) is 2.83. The third-order valence-corrected chi connectivity index (χ3v) is 4.40. The topological polar surface area (TPSA) is 56.7 Å². The Kier molecular flexibility index (Phi) is 6.81. The van der Waals surface area contributed by atoms with Gasteiger partial charge in [0.25, 0.3) is 0 Å². The van der Waals surface area contributed by atoms with Crippen LogP contribution in [0.4, 0.5) is 0 Å². The third kappa shape index (κ3) is 6.04. The molecule has 128 valence electrons. The molecule has 1 amide bonds. The summed E-state index contributed by atoms with van der Waals surface area (Å²) in [5.74, 6) is 0.649. The van der Waals surface area contributed by atoms with E-state index in [9.17, 15) is 4.79 Å². The number of likely N-dealkylation sites (N-methyl/N-ethyl adjacent to an activating group) is 1. The highest BCUT2D eigenvalue weighted by molar-refractivity contribution is 7.11. The summed E-state index contributed by atoms with van der Waals surface area (Å²) in [4.78, 5) is 20.4. The fraction of sp³-hybridized carbons (Fsp3) is 0.333. The predicted octanol–water partition coefficient (Wildman–Crippen LogP) is 2.38.